The maximum Gasteiger partial charge on any atom is 0.547 e. The summed E-state index contributed by atoms with van der Waals surface area (Å²) in [5, 5.41) is 44.3. The first-order valence-corrected chi connectivity index (χ1v) is 17.1. The zero-order valence-corrected chi connectivity index (χ0v) is 29.1. The van der Waals surface area contributed by atoms with Crippen LogP contribution in [-0.2, 0) is 17.8 Å². The van der Waals surface area contributed by atoms with Gasteiger partial charge in [-0.3, -0.25) is 9.59 Å². The fourth-order valence-corrected chi connectivity index (χ4v) is 7.02. The molecule has 20 heteroatoms. The van der Waals surface area contributed by atoms with E-state index in [1.807, 2.05) is 0 Å². The molecule has 0 aromatic heterocycles. The number of nitrogens with zero attached hydrogens (tertiary/aromatic N) is 3. The average molecular weight is 771 g/mol. The van der Waals surface area contributed by atoms with E-state index in [4.69, 9.17) is 22.0 Å². The van der Waals surface area contributed by atoms with Crippen molar-refractivity contribution in [1.82, 2.24) is 25.3 Å². The van der Waals surface area contributed by atoms with Gasteiger partial charge in [0.15, 0.2) is 17.3 Å². The number of urea groups is 2. The Hall–Kier alpha value is -5.66. The van der Waals surface area contributed by atoms with Gasteiger partial charge < -0.3 is 51.2 Å². The van der Waals surface area contributed by atoms with Crippen LogP contribution in [0.15, 0.2) is 42.5 Å². The molecule has 284 valence electrons. The lowest BCUT2D eigenvalue weighted by Crippen LogP contribution is -2.56. The van der Waals surface area contributed by atoms with E-state index in [0.29, 0.717) is 44.1 Å². The van der Waals surface area contributed by atoms with Crippen LogP contribution in [0.25, 0.3) is 0 Å². The number of benzene rings is 3. The Kier molecular flexibility index (Phi) is 10.8. The predicted octanol–water partition coefficient (Wildman–Crippen LogP) is 2.12. The minimum atomic E-state index is -1.95. The van der Waals surface area contributed by atoms with Crippen molar-refractivity contribution < 1.29 is 57.8 Å². The van der Waals surface area contributed by atoms with Crippen LogP contribution in [-0.4, -0.2) is 110 Å². The van der Waals surface area contributed by atoms with Crippen molar-refractivity contribution in [2.24, 2.45) is 5.73 Å². The van der Waals surface area contributed by atoms with Gasteiger partial charge in [0.25, 0.3) is 5.91 Å². The van der Waals surface area contributed by atoms with Crippen molar-refractivity contribution in [2.75, 3.05) is 26.2 Å². The Morgan fingerprint density at radius 3 is 2.33 bits per heavy atom. The van der Waals surface area contributed by atoms with Crippen LogP contribution >= 0.6 is 11.6 Å². The first-order chi connectivity index (χ1) is 25.7. The summed E-state index contributed by atoms with van der Waals surface area (Å²) in [5.41, 5.74) is 5.77. The maximum absolute atomic E-state index is 14.7. The van der Waals surface area contributed by atoms with Crippen molar-refractivity contribution in [3.8, 4) is 17.2 Å². The van der Waals surface area contributed by atoms with Crippen molar-refractivity contribution in [2.45, 2.75) is 43.8 Å². The molecule has 6 amide bonds. The zero-order valence-electron chi connectivity index (χ0n) is 28.3. The van der Waals surface area contributed by atoms with Gasteiger partial charge in [-0.25, -0.2) is 28.1 Å². The highest BCUT2D eigenvalue weighted by Crippen LogP contribution is 2.41. The van der Waals surface area contributed by atoms with Crippen molar-refractivity contribution in [3.05, 3.63) is 86.9 Å². The normalized spacial score (nSPS) is 17.9. The molecule has 0 radical (unpaired) electrons. The number of fused-ring (bicyclic) bond motifs is 1. The molecule has 16 nitrogen and oxygen atoms in total. The summed E-state index contributed by atoms with van der Waals surface area (Å²) in [7, 11) is -1.93. The molecule has 2 saturated heterocycles. The topological polar surface area (TPSA) is 235 Å². The van der Waals surface area contributed by atoms with Crippen molar-refractivity contribution in [3.63, 3.8) is 0 Å². The molecular formula is C34H34BClF2N6O10. The SMILES string of the molecule is NCc1ccc(C(=O)N2CCC(N3CCN(C(=O)NC(C(=O)NC4Cc5ccc(F)c(C(=O)O)c5OB4O)c4cc(F)c(O)c(O)c4Cl)C3=O)CC2)cc1. The molecule has 6 rings (SSSR count). The third kappa shape index (κ3) is 7.29. The largest absolute Gasteiger partial charge is 0.547 e. The standard InChI is InChI=1S/C34H34BClF2N6O10/c36-25-20(14-22(38)27(45)28(25)46)26(30(47)40-23-13-18-5-6-21(37)24(32(49)50)29(18)54-35(23)53)41-33(51)44-12-11-43(34(44)52)19-7-9-42(10-8-19)31(48)17-3-1-16(15-39)2-4-17/h1-6,14,19,23,26,45-46,53H,7-13,15,39H2,(H,40,47)(H,41,51)(H,49,50). The highest BCUT2D eigenvalue weighted by molar-refractivity contribution is 6.47. The number of nitrogens with two attached hydrogens (primary N) is 1. The molecule has 3 aliphatic rings. The number of piperidine rings is 1. The lowest BCUT2D eigenvalue weighted by atomic mass is 9.72. The van der Waals surface area contributed by atoms with Crippen LogP contribution in [0, 0.1) is 11.6 Å². The van der Waals surface area contributed by atoms with Gasteiger partial charge in [-0.15, -0.1) is 0 Å². The number of aromatic carboxylic acids is 1. The molecule has 0 bridgehead atoms. The number of carboxylic acid groups (broad SMARTS) is 1. The predicted molar refractivity (Wildman–Crippen MR) is 186 cm³/mol. The Bertz CT molecular complexity index is 2020. The highest BCUT2D eigenvalue weighted by atomic mass is 35.5. The smallest absolute Gasteiger partial charge is 0.534 e. The maximum atomic E-state index is 14.7. The summed E-state index contributed by atoms with van der Waals surface area (Å²) in [6.07, 6.45) is 0.572. The van der Waals surface area contributed by atoms with Gasteiger partial charge in [0.2, 0.25) is 5.91 Å². The minimum absolute atomic E-state index is 0.107. The van der Waals surface area contributed by atoms with Crippen LogP contribution in [0.4, 0.5) is 18.4 Å². The minimum Gasteiger partial charge on any atom is -0.534 e. The second-order valence-electron chi connectivity index (χ2n) is 12.9. The lowest BCUT2D eigenvalue weighted by molar-refractivity contribution is -0.123. The molecule has 0 spiro atoms. The Morgan fingerprint density at radius 1 is 1.00 bits per heavy atom. The van der Waals surface area contributed by atoms with Crippen LogP contribution < -0.4 is 21.0 Å². The number of phenolic OH excluding ortho intramolecular Hbond substituents is 2. The summed E-state index contributed by atoms with van der Waals surface area (Å²) in [4.78, 5) is 69.6. The van der Waals surface area contributed by atoms with Crippen LogP contribution in [0.1, 0.15) is 56.3 Å². The molecular weight excluding hydrogens is 737 g/mol. The number of imide groups is 1. The van der Waals surface area contributed by atoms with E-state index in [1.165, 1.54) is 11.0 Å². The van der Waals surface area contributed by atoms with Gasteiger partial charge in [-0.05, 0) is 54.7 Å². The fourth-order valence-electron chi connectivity index (χ4n) is 6.77. The van der Waals surface area contributed by atoms with Gasteiger partial charge in [0.1, 0.15) is 23.2 Å². The number of hydrogen-bond donors (Lipinski definition) is 7. The van der Waals surface area contributed by atoms with Crippen LogP contribution in [0.3, 0.4) is 0 Å². The van der Waals surface area contributed by atoms with Gasteiger partial charge in [-0.2, -0.15) is 0 Å². The second-order valence-corrected chi connectivity index (χ2v) is 13.3. The summed E-state index contributed by atoms with van der Waals surface area (Å²) < 4.78 is 34.2. The highest BCUT2D eigenvalue weighted by Gasteiger charge is 2.43. The molecule has 3 aromatic rings. The molecule has 3 aliphatic heterocycles. The number of halogens is 3. The monoisotopic (exact) mass is 770 g/mol. The number of rotatable bonds is 8. The van der Waals surface area contributed by atoms with E-state index < -0.39 is 88.1 Å². The van der Waals surface area contributed by atoms with E-state index in [1.54, 1.807) is 29.2 Å². The van der Waals surface area contributed by atoms with Crippen LogP contribution in [0.2, 0.25) is 5.02 Å². The average Bonchev–Trinajstić information content (AvgIpc) is 3.55. The van der Waals surface area contributed by atoms with Crippen LogP contribution in [0.5, 0.6) is 17.2 Å². The Morgan fingerprint density at radius 2 is 1.69 bits per heavy atom. The summed E-state index contributed by atoms with van der Waals surface area (Å²) in [6, 6.07) is 5.55. The molecule has 2 unspecified atom stereocenters. The summed E-state index contributed by atoms with van der Waals surface area (Å²) in [6.45, 7) is 1.06. The number of amides is 6. The number of carboxylic acids is 1. The Labute approximate surface area is 311 Å². The van der Waals surface area contributed by atoms with Crippen molar-refractivity contribution >= 4 is 48.6 Å². The summed E-state index contributed by atoms with van der Waals surface area (Å²) in [5.74, 6) is -9.66. The first kappa shape index (κ1) is 38.1. The molecule has 3 heterocycles. The van der Waals surface area contributed by atoms with Gasteiger partial charge in [-0.1, -0.05) is 29.8 Å². The second kappa shape index (κ2) is 15.4. The van der Waals surface area contributed by atoms with Gasteiger partial charge in [0, 0.05) is 49.9 Å². The lowest BCUT2D eigenvalue weighted by Gasteiger charge is -2.36. The van der Waals surface area contributed by atoms with E-state index in [9.17, 15) is 53.1 Å². The third-order valence-electron chi connectivity index (χ3n) is 9.70. The number of carbonyl (C=O) groups excluding carboxylic acids is 4. The van der Waals surface area contributed by atoms with Crippen molar-refractivity contribution in [1.29, 1.82) is 0 Å². The van der Waals surface area contributed by atoms with E-state index in [0.717, 1.165) is 16.5 Å². The number of hydrogen-bond acceptors (Lipinski definition) is 10. The molecule has 8 N–H and O–H groups in total. The fraction of sp³-hybridized carbons (Fsp3) is 0.324. The number of aromatic hydroxyl groups is 2. The number of phenols is 2. The Balaban J connectivity index is 1.16. The number of carbonyl (C=O) groups is 5. The molecule has 54 heavy (non-hydrogen) atoms. The quantitative estimate of drug-likeness (QED) is 0.129. The molecule has 0 saturated carbocycles. The van der Waals surface area contributed by atoms with Gasteiger partial charge in [0.05, 0.1) is 11.0 Å². The third-order valence-corrected chi connectivity index (χ3v) is 10.1. The first-order valence-electron chi connectivity index (χ1n) is 16.8. The molecule has 2 atom stereocenters. The van der Waals surface area contributed by atoms with E-state index in [-0.39, 0.29) is 37.0 Å². The van der Waals surface area contributed by atoms with E-state index >= 15 is 0 Å². The van der Waals surface area contributed by atoms with Gasteiger partial charge >= 0.3 is 25.1 Å². The molecule has 2 fully saturated rings. The zero-order chi connectivity index (χ0) is 39.0. The number of nitrogens with one attached hydrogen (secondary N) is 2. The van der Waals surface area contributed by atoms with E-state index in [2.05, 4.69) is 10.6 Å². The summed E-state index contributed by atoms with van der Waals surface area (Å²) >= 11 is 6.20. The molecule has 3 aromatic carbocycles. The number of likely N-dealkylation sites (tertiary alicyclic amines) is 1. The molecule has 0 aliphatic carbocycles.